The lowest BCUT2D eigenvalue weighted by Gasteiger charge is -2.22. The number of carbonyl (C=O) groups is 1. The first-order chi connectivity index (χ1) is 14.7. The molecule has 0 bridgehead atoms. The zero-order chi connectivity index (χ0) is 20.5. The van der Waals surface area contributed by atoms with Gasteiger partial charge in [0.15, 0.2) is 5.82 Å². The summed E-state index contributed by atoms with van der Waals surface area (Å²) in [6.45, 7) is 2.55. The van der Waals surface area contributed by atoms with Gasteiger partial charge >= 0.3 is 0 Å². The van der Waals surface area contributed by atoms with Crippen molar-refractivity contribution >= 4 is 5.91 Å². The topological polar surface area (TPSA) is 79.7 Å². The fourth-order valence-corrected chi connectivity index (χ4v) is 3.98. The summed E-state index contributed by atoms with van der Waals surface area (Å²) in [7, 11) is 0. The molecule has 2 aromatic carbocycles. The van der Waals surface area contributed by atoms with Crippen molar-refractivity contribution in [2.75, 3.05) is 6.54 Å². The number of nitrogens with one attached hydrogen (secondary N) is 1. The lowest BCUT2D eigenvalue weighted by molar-refractivity contribution is 0.0720. The second kappa shape index (κ2) is 7.59. The molecule has 1 atom stereocenters. The minimum absolute atomic E-state index is 0.0570. The second-order valence-electron chi connectivity index (χ2n) is 7.46. The van der Waals surface area contributed by atoms with Gasteiger partial charge in [-0.2, -0.15) is 10.2 Å². The highest BCUT2D eigenvalue weighted by atomic mass is 16.2. The van der Waals surface area contributed by atoms with Crippen LogP contribution >= 0.6 is 0 Å². The van der Waals surface area contributed by atoms with Crippen LogP contribution in [0.1, 0.15) is 41.0 Å². The van der Waals surface area contributed by atoms with Gasteiger partial charge in [-0.1, -0.05) is 48.5 Å². The largest absolute Gasteiger partial charge is 0.327 e. The molecule has 1 aliphatic heterocycles. The van der Waals surface area contributed by atoms with Crippen LogP contribution in [0.4, 0.5) is 0 Å². The Morgan fingerprint density at radius 1 is 1.07 bits per heavy atom. The number of aryl methyl sites for hydroxylation is 1. The zero-order valence-electron chi connectivity index (χ0n) is 16.7. The molecule has 0 spiro atoms. The Bertz CT molecular complexity index is 1160. The number of H-pyrrole nitrogens is 1. The zero-order valence-corrected chi connectivity index (χ0v) is 16.7. The highest BCUT2D eigenvalue weighted by Gasteiger charge is 2.35. The Hall–Kier alpha value is -3.74. The molecule has 0 aliphatic carbocycles. The molecule has 1 saturated heterocycles. The van der Waals surface area contributed by atoms with Gasteiger partial charge in [-0.05, 0) is 38.0 Å². The molecule has 0 radical (unpaired) electrons. The van der Waals surface area contributed by atoms with E-state index in [-0.39, 0.29) is 11.9 Å². The van der Waals surface area contributed by atoms with Crippen molar-refractivity contribution in [1.29, 1.82) is 0 Å². The first-order valence-corrected chi connectivity index (χ1v) is 10.1. The summed E-state index contributed by atoms with van der Waals surface area (Å²) < 4.78 is 1.74. The van der Waals surface area contributed by atoms with Gasteiger partial charge in [0.25, 0.3) is 5.91 Å². The van der Waals surface area contributed by atoms with E-state index < -0.39 is 0 Å². The summed E-state index contributed by atoms with van der Waals surface area (Å²) in [4.78, 5) is 20.0. The van der Waals surface area contributed by atoms with E-state index in [1.54, 1.807) is 4.68 Å². The average Bonchev–Trinajstić information content (AvgIpc) is 3.53. The summed E-state index contributed by atoms with van der Waals surface area (Å²) in [6.07, 6.45) is 1.78. The van der Waals surface area contributed by atoms with Crippen LogP contribution in [0.2, 0.25) is 0 Å². The SMILES string of the molecule is Cc1nc([C@H]2CCCN2C(=O)c2cc(-c3ccccc3)nn2-c2ccccc2)n[nH]1. The maximum Gasteiger partial charge on any atom is 0.273 e. The monoisotopic (exact) mass is 398 g/mol. The molecule has 5 rings (SSSR count). The van der Waals surface area contributed by atoms with Gasteiger partial charge in [0.1, 0.15) is 11.5 Å². The molecule has 2 aromatic heterocycles. The summed E-state index contributed by atoms with van der Waals surface area (Å²) >= 11 is 0. The highest BCUT2D eigenvalue weighted by Crippen LogP contribution is 2.32. The lowest BCUT2D eigenvalue weighted by Crippen LogP contribution is -2.32. The third-order valence-electron chi connectivity index (χ3n) is 5.43. The van der Waals surface area contributed by atoms with Crippen LogP contribution in [-0.4, -0.2) is 42.3 Å². The number of aromatic nitrogens is 5. The molecule has 1 aliphatic rings. The molecule has 1 amide bonds. The number of para-hydroxylation sites is 1. The Morgan fingerprint density at radius 2 is 1.80 bits per heavy atom. The Kier molecular flexibility index (Phi) is 4.63. The number of aromatic amines is 1. The Balaban J connectivity index is 1.57. The van der Waals surface area contributed by atoms with Crippen LogP contribution in [0.15, 0.2) is 66.7 Å². The first kappa shape index (κ1) is 18.3. The number of amides is 1. The molecular weight excluding hydrogens is 376 g/mol. The average molecular weight is 398 g/mol. The predicted octanol–water partition coefficient (Wildman–Crippen LogP) is 3.94. The standard InChI is InChI=1S/C23H22N6O/c1-16-24-22(26-25-16)20-13-8-14-28(20)23(30)21-15-19(17-9-4-2-5-10-17)27-29(21)18-11-6-3-7-12-18/h2-7,9-12,15,20H,8,13-14H2,1H3,(H,24,25,26)/t20-/m1/s1. The Labute approximate surface area is 174 Å². The summed E-state index contributed by atoms with van der Waals surface area (Å²) in [5.74, 6) is 1.37. The van der Waals surface area contributed by atoms with E-state index in [0.29, 0.717) is 18.1 Å². The van der Waals surface area contributed by atoms with Crippen molar-refractivity contribution in [3.8, 4) is 16.9 Å². The number of carbonyl (C=O) groups excluding carboxylic acids is 1. The predicted molar refractivity (Wildman–Crippen MR) is 113 cm³/mol. The Morgan fingerprint density at radius 3 is 2.50 bits per heavy atom. The molecule has 150 valence electrons. The molecule has 0 saturated carbocycles. The van der Waals surface area contributed by atoms with Gasteiger partial charge in [-0.3, -0.25) is 9.89 Å². The van der Waals surface area contributed by atoms with E-state index in [1.165, 1.54) is 0 Å². The van der Waals surface area contributed by atoms with Crippen molar-refractivity contribution in [3.05, 3.63) is 84.1 Å². The van der Waals surface area contributed by atoms with Crippen LogP contribution in [-0.2, 0) is 0 Å². The first-order valence-electron chi connectivity index (χ1n) is 10.1. The number of benzene rings is 2. The van der Waals surface area contributed by atoms with E-state index in [2.05, 4.69) is 15.2 Å². The fourth-order valence-electron chi connectivity index (χ4n) is 3.98. The molecule has 30 heavy (non-hydrogen) atoms. The molecule has 1 N–H and O–H groups in total. The molecular formula is C23H22N6O. The van der Waals surface area contributed by atoms with Gasteiger partial charge in [-0.15, -0.1) is 0 Å². The van der Waals surface area contributed by atoms with Crippen molar-refractivity contribution in [3.63, 3.8) is 0 Å². The minimum Gasteiger partial charge on any atom is -0.327 e. The van der Waals surface area contributed by atoms with Crippen LogP contribution in [0.3, 0.4) is 0 Å². The number of hydrogen-bond donors (Lipinski definition) is 1. The van der Waals surface area contributed by atoms with E-state index in [0.717, 1.165) is 35.6 Å². The number of nitrogens with zero attached hydrogens (tertiary/aromatic N) is 5. The normalized spacial score (nSPS) is 16.2. The van der Waals surface area contributed by atoms with Gasteiger partial charge in [0.2, 0.25) is 0 Å². The van der Waals surface area contributed by atoms with Crippen molar-refractivity contribution in [2.24, 2.45) is 0 Å². The van der Waals surface area contributed by atoms with Gasteiger partial charge in [-0.25, -0.2) is 9.67 Å². The minimum atomic E-state index is -0.123. The van der Waals surface area contributed by atoms with Gasteiger partial charge < -0.3 is 4.90 Å². The third kappa shape index (κ3) is 3.28. The van der Waals surface area contributed by atoms with Crippen molar-refractivity contribution < 1.29 is 4.79 Å². The molecule has 7 nitrogen and oxygen atoms in total. The maximum absolute atomic E-state index is 13.7. The van der Waals surface area contributed by atoms with Crippen molar-refractivity contribution in [1.82, 2.24) is 29.9 Å². The van der Waals surface area contributed by atoms with Crippen LogP contribution in [0.25, 0.3) is 16.9 Å². The number of likely N-dealkylation sites (tertiary alicyclic amines) is 1. The second-order valence-corrected chi connectivity index (χ2v) is 7.46. The summed E-state index contributed by atoms with van der Waals surface area (Å²) in [6, 6.07) is 21.4. The van der Waals surface area contributed by atoms with E-state index >= 15 is 0 Å². The van der Waals surface area contributed by atoms with E-state index in [1.807, 2.05) is 78.6 Å². The fraction of sp³-hybridized carbons (Fsp3) is 0.217. The van der Waals surface area contributed by atoms with E-state index in [9.17, 15) is 4.79 Å². The van der Waals surface area contributed by atoms with Crippen LogP contribution in [0.5, 0.6) is 0 Å². The van der Waals surface area contributed by atoms with Crippen LogP contribution in [0, 0.1) is 6.92 Å². The smallest absolute Gasteiger partial charge is 0.273 e. The molecule has 1 fully saturated rings. The number of hydrogen-bond acceptors (Lipinski definition) is 4. The molecule has 0 unspecified atom stereocenters. The molecule has 3 heterocycles. The third-order valence-corrected chi connectivity index (χ3v) is 5.43. The van der Waals surface area contributed by atoms with Crippen LogP contribution < -0.4 is 0 Å². The summed E-state index contributed by atoms with van der Waals surface area (Å²) in [5.41, 5.74) is 3.14. The lowest BCUT2D eigenvalue weighted by atomic mass is 10.1. The van der Waals surface area contributed by atoms with Crippen molar-refractivity contribution in [2.45, 2.75) is 25.8 Å². The van der Waals surface area contributed by atoms with Gasteiger partial charge in [0, 0.05) is 12.1 Å². The van der Waals surface area contributed by atoms with E-state index in [4.69, 9.17) is 5.10 Å². The van der Waals surface area contributed by atoms with Gasteiger partial charge in [0.05, 0.1) is 17.4 Å². The molecule has 7 heteroatoms. The number of rotatable bonds is 4. The quantitative estimate of drug-likeness (QED) is 0.565. The highest BCUT2D eigenvalue weighted by molar-refractivity contribution is 5.94. The summed E-state index contributed by atoms with van der Waals surface area (Å²) in [5, 5.41) is 12.0. The maximum atomic E-state index is 13.7. The molecule has 4 aromatic rings.